The number of fused-ring (bicyclic) bond motifs is 2. The lowest BCUT2D eigenvalue weighted by molar-refractivity contribution is 0.258. The van der Waals surface area contributed by atoms with Crippen molar-refractivity contribution in [2.75, 3.05) is 6.61 Å². The maximum atomic E-state index is 5.89. The molecule has 5 nitrogen and oxygen atoms in total. The van der Waals surface area contributed by atoms with Gasteiger partial charge in [0.15, 0.2) is 12.2 Å². The number of hydrogen-bond donors (Lipinski definition) is 1. The first-order chi connectivity index (χ1) is 11.9. The fourth-order valence-corrected chi connectivity index (χ4v) is 3.24. The van der Waals surface area contributed by atoms with Gasteiger partial charge in [0, 0.05) is 5.56 Å². The van der Waals surface area contributed by atoms with Crippen molar-refractivity contribution in [1.29, 1.82) is 0 Å². The molecule has 6 heteroatoms. The molecule has 0 spiro atoms. The number of imidazole rings is 1. The van der Waals surface area contributed by atoms with Crippen LogP contribution in [0.15, 0.2) is 59.5 Å². The summed E-state index contributed by atoms with van der Waals surface area (Å²) in [6.07, 6.45) is 4.09. The molecule has 4 aromatic rings. The summed E-state index contributed by atoms with van der Waals surface area (Å²) in [5.74, 6) is 2.94. The summed E-state index contributed by atoms with van der Waals surface area (Å²) in [6, 6.07) is 14.2. The highest BCUT2D eigenvalue weighted by Gasteiger charge is 2.23. The van der Waals surface area contributed by atoms with Crippen molar-refractivity contribution in [3.05, 3.63) is 66.4 Å². The highest BCUT2D eigenvalue weighted by molar-refractivity contribution is 7.59. The molecule has 1 N–H and O–H groups in total. The number of benzene rings is 2. The van der Waals surface area contributed by atoms with Gasteiger partial charge in [0.25, 0.3) is 0 Å². The molecule has 0 radical (unpaired) electrons. The molecule has 0 fully saturated rings. The summed E-state index contributed by atoms with van der Waals surface area (Å²) in [6.45, 7) is 0.645. The Morgan fingerprint density at radius 2 is 2.04 bits per heavy atom. The molecule has 1 atom stereocenters. The van der Waals surface area contributed by atoms with Crippen molar-refractivity contribution < 1.29 is 9.15 Å². The normalized spacial score (nSPS) is 16.1. The Bertz CT molecular complexity index is 1010. The van der Waals surface area contributed by atoms with Crippen LogP contribution in [0, 0.1) is 0 Å². The fourth-order valence-electron chi connectivity index (χ4n) is 3.24. The third-order valence-corrected chi connectivity index (χ3v) is 4.48. The quantitative estimate of drug-likeness (QED) is 0.592. The summed E-state index contributed by atoms with van der Waals surface area (Å²) in [4.78, 5) is 12.2. The zero-order chi connectivity index (χ0) is 15.9. The van der Waals surface area contributed by atoms with Crippen LogP contribution < -0.4 is 4.74 Å². The van der Waals surface area contributed by atoms with Gasteiger partial charge in [0.05, 0.1) is 29.8 Å². The minimum atomic E-state index is 0. The Balaban J connectivity index is 0.00000157. The van der Waals surface area contributed by atoms with Crippen LogP contribution in [0.3, 0.4) is 0 Å². The molecular weight excluding hydrogens is 334 g/mol. The third kappa shape index (κ3) is 2.78. The number of oxazole rings is 1. The van der Waals surface area contributed by atoms with Crippen LogP contribution in [0.25, 0.3) is 22.4 Å². The van der Waals surface area contributed by atoms with Crippen LogP contribution in [0.2, 0.25) is 0 Å². The minimum Gasteiger partial charge on any atom is -0.493 e. The number of nitrogens with zero attached hydrogens (tertiary/aromatic N) is 2. The van der Waals surface area contributed by atoms with Crippen molar-refractivity contribution >= 4 is 24.5 Å². The molecule has 0 bridgehead atoms. The maximum absolute atomic E-state index is 5.89. The number of rotatable bonds is 2. The Kier molecular flexibility index (Phi) is 3.97. The second kappa shape index (κ2) is 6.29. The van der Waals surface area contributed by atoms with E-state index in [1.807, 2.05) is 36.4 Å². The molecule has 0 saturated heterocycles. The predicted molar refractivity (Wildman–Crippen MR) is 100 cm³/mol. The van der Waals surface area contributed by atoms with Crippen LogP contribution >= 0.6 is 13.5 Å². The second-order valence-corrected chi connectivity index (χ2v) is 6.04. The predicted octanol–water partition coefficient (Wildman–Crippen LogP) is 4.05. The first-order valence-corrected chi connectivity index (χ1v) is 7.96. The number of H-pyrrole nitrogens is 1. The highest BCUT2D eigenvalue weighted by Crippen LogP contribution is 2.32. The third-order valence-electron chi connectivity index (χ3n) is 4.48. The molecule has 1 aliphatic heterocycles. The van der Waals surface area contributed by atoms with E-state index in [1.165, 1.54) is 12.0 Å². The van der Waals surface area contributed by atoms with Crippen LogP contribution in [-0.2, 0) is 6.42 Å². The highest BCUT2D eigenvalue weighted by atomic mass is 32.1. The lowest BCUT2D eigenvalue weighted by Gasteiger charge is -2.23. The maximum Gasteiger partial charge on any atom is 0.181 e. The molecule has 0 amide bonds. The first kappa shape index (κ1) is 15.8. The number of para-hydroxylation sites is 1. The zero-order valence-corrected chi connectivity index (χ0v) is 14.4. The van der Waals surface area contributed by atoms with E-state index in [0.29, 0.717) is 6.61 Å². The monoisotopic (exact) mass is 351 g/mol. The molecule has 2 aromatic heterocycles. The van der Waals surface area contributed by atoms with Gasteiger partial charge < -0.3 is 14.1 Å². The summed E-state index contributed by atoms with van der Waals surface area (Å²) >= 11 is 0. The SMILES string of the molecule is S.c1ccc2c(c1)C[C@@H](c1nc3ccc(-c4cnco4)cc3[nH]1)CO2. The fraction of sp³-hybridized carbons (Fsp3) is 0.158. The molecule has 2 aromatic carbocycles. The second-order valence-electron chi connectivity index (χ2n) is 6.04. The van der Waals surface area contributed by atoms with Gasteiger partial charge in [-0.2, -0.15) is 13.5 Å². The first-order valence-electron chi connectivity index (χ1n) is 7.96. The molecule has 126 valence electrons. The van der Waals surface area contributed by atoms with Crippen LogP contribution in [0.5, 0.6) is 5.75 Å². The average Bonchev–Trinajstić information content (AvgIpc) is 3.30. The number of ether oxygens (including phenoxy) is 1. The van der Waals surface area contributed by atoms with Crippen molar-refractivity contribution in [3.8, 4) is 17.1 Å². The Morgan fingerprint density at radius 1 is 1.12 bits per heavy atom. The Morgan fingerprint density at radius 3 is 2.92 bits per heavy atom. The van der Waals surface area contributed by atoms with E-state index >= 15 is 0 Å². The molecule has 1 aliphatic rings. The van der Waals surface area contributed by atoms with E-state index in [2.05, 4.69) is 16.0 Å². The van der Waals surface area contributed by atoms with Crippen LogP contribution in [-0.4, -0.2) is 21.6 Å². The van der Waals surface area contributed by atoms with Gasteiger partial charge in [-0.3, -0.25) is 0 Å². The molecule has 0 aliphatic carbocycles. The lowest BCUT2D eigenvalue weighted by Crippen LogP contribution is -2.20. The average molecular weight is 351 g/mol. The summed E-state index contributed by atoms with van der Waals surface area (Å²) < 4.78 is 11.3. The minimum absolute atomic E-state index is 0. The molecule has 3 heterocycles. The molecular formula is C19H17N3O2S. The van der Waals surface area contributed by atoms with E-state index in [-0.39, 0.29) is 19.4 Å². The molecule has 0 unspecified atom stereocenters. The number of aromatic nitrogens is 3. The summed E-state index contributed by atoms with van der Waals surface area (Å²) in [7, 11) is 0. The van der Waals surface area contributed by atoms with Crippen molar-refractivity contribution in [3.63, 3.8) is 0 Å². The lowest BCUT2D eigenvalue weighted by atomic mass is 9.96. The standard InChI is InChI=1S/C19H15N3O2.H2S/c1-2-4-17-12(3-1)7-14(10-23-17)19-21-15-6-5-13(8-16(15)22-19)18-9-20-11-24-18;/h1-6,8-9,11,14H,7,10H2,(H,21,22);1H2/t14-;/m1./s1. The Labute approximate surface area is 151 Å². The number of nitrogens with one attached hydrogen (secondary N) is 1. The van der Waals surface area contributed by atoms with E-state index in [1.54, 1.807) is 6.20 Å². The Hall–Kier alpha value is -2.73. The largest absolute Gasteiger partial charge is 0.493 e. The van der Waals surface area contributed by atoms with Gasteiger partial charge in [0.2, 0.25) is 0 Å². The number of aromatic amines is 1. The van der Waals surface area contributed by atoms with Crippen molar-refractivity contribution in [1.82, 2.24) is 15.0 Å². The smallest absolute Gasteiger partial charge is 0.181 e. The number of hydrogen-bond acceptors (Lipinski definition) is 4. The van der Waals surface area contributed by atoms with Crippen LogP contribution in [0.4, 0.5) is 0 Å². The van der Waals surface area contributed by atoms with Gasteiger partial charge in [-0.05, 0) is 36.2 Å². The van der Waals surface area contributed by atoms with Crippen molar-refractivity contribution in [2.45, 2.75) is 12.3 Å². The van der Waals surface area contributed by atoms with Gasteiger partial charge in [-0.15, -0.1) is 0 Å². The molecule has 5 rings (SSSR count). The van der Waals surface area contributed by atoms with E-state index in [9.17, 15) is 0 Å². The van der Waals surface area contributed by atoms with Gasteiger partial charge >= 0.3 is 0 Å². The van der Waals surface area contributed by atoms with Gasteiger partial charge in [0.1, 0.15) is 11.6 Å². The van der Waals surface area contributed by atoms with Gasteiger partial charge in [-0.1, -0.05) is 18.2 Å². The zero-order valence-electron chi connectivity index (χ0n) is 13.4. The molecule has 25 heavy (non-hydrogen) atoms. The van der Waals surface area contributed by atoms with Gasteiger partial charge in [-0.25, -0.2) is 9.97 Å². The summed E-state index contributed by atoms with van der Waals surface area (Å²) in [5, 5.41) is 0. The topological polar surface area (TPSA) is 63.9 Å². The van der Waals surface area contributed by atoms with Crippen LogP contribution in [0.1, 0.15) is 17.3 Å². The van der Waals surface area contributed by atoms with E-state index in [0.717, 1.165) is 40.4 Å². The van der Waals surface area contributed by atoms with E-state index in [4.69, 9.17) is 14.1 Å². The van der Waals surface area contributed by atoms with E-state index < -0.39 is 0 Å². The molecule has 0 saturated carbocycles. The van der Waals surface area contributed by atoms with Crippen molar-refractivity contribution in [2.24, 2.45) is 0 Å². The summed E-state index contributed by atoms with van der Waals surface area (Å²) in [5.41, 5.74) is 4.17.